The van der Waals surface area contributed by atoms with Gasteiger partial charge in [-0.1, -0.05) is 29.5 Å². The second-order valence-corrected chi connectivity index (χ2v) is 8.79. The monoisotopic (exact) mass is 463 g/mol. The maximum absolute atomic E-state index is 13.4. The quantitative estimate of drug-likeness (QED) is 0.196. The predicted octanol–water partition coefficient (Wildman–Crippen LogP) is 5.40. The van der Waals surface area contributed by atoms with E-state index in [1.165, 1.54) is 41.0 Å². The van der Waals surface area contributed by atoms with Crippen molar-refractivity contribution in [2.24, 2.45) is 5.10 Å². The fraction of sp³-hybridized carbons (Fsp3) is 0.0476. The lowest BCUT2D eigenvalue weighted by molar-refractivity contribution is -0.402. The first-order valence-corrected chi connectivity index (χ1v) is 11.0. The van der Waals surface area contributed by atoms with Crippen LogP contribution in [0.15, 0.2) is 64.1 Å². The summed E-state index contributed by atoms with van der Waals surface area (Å²) in [6.45, 7) is 1.98. The van der Waals surface area contributed by atoms with Gasteiger partial charge in [0.2, 0.25) is 5.13 Å². The molecule has 3 heterocycles. The van der Waals surface area contributed by atoms with E-state index >= 15 is 0 Å². The minimum Gasteiger partial charge on any atom is -0.400 e. The molecular formula is C21H13N5O4S2. The first-order chi connectivity index (χ1) is 15.5. The smallest absolute Gasteiger partial charge is 0.400 e. The number of aromatic nitrogens is 2. The Kier molecular flexibility index (Phi) is 4.96. The number of carbonyl (C=O) groups is 1. The number of rotatable bonds is 5. The molecule has 1 amide bonds. The van der Waals surface area contributed by atoms with E-state index in [1.807, 2.05) is 49.4 Å². The third-order valence-electron chi connectivity index (χ3n) is 4.48. The van der Waals surface area contributed by atoms with Crippen LogP contribution in [-0.2, 0) is 0 Å². The Balaban J connectivity index is 1.57. The maximum atomic E-state index is 13.4. The van der Waals surface area contributed by atoms with Crippen molar-refractivity contribution < 1.29 is 14.1 Å². The van der Waals surface area contributed by atoms with Gasteiger partial charge in [-0.2, -0.15) is 10.1 Å². The summed E-state index contributed by atoms with van der Waals surface area (Å²) < 4.78 is 6.91. The van der Waals surface area contributed by atoms with E-state index in [9.17, 15) is 14.9 Å². The van der Waals surface area contributed by atoms with Crippen molar-refractivity contribution in [3.63, 3.8) is 0 Å². The van der Waals surface area contributed by atoms with Crippen molar-refractivity contribution >= 4 is 66.2 Å². The molecule has 2 aromatic carbocycles. The van der Waals surface area contributed by atoms with Crippen LogP contribution in [0.25, 0.3) is 20.4 Å². The summed E-state index contributed by atoms with van der Waals surface area (Å²) in [5, 5.41) is 16.9. The van der Waals surface area contributed by atoms with E-state index in [0.29, 0.717) is 10.6 Å². The minimum atomic E-state index is -0.642. The maximum Gasteiger partial charge on any atom is 0.433 e. The standard InChI is InChI=1S/C21H13N5O4S2/c1-12-6-8-15-17(10-12)32-21(24-15)25(22-11-13-7-9-18(30-13)26(28)29)20(27)19-23-14-4-2-3-5-16(14)31-19/h2-11H,1H3/b22-11+. The number of aryl methyl sites for hydroxylation is 1. The van der Waals surface area contributed by atoms with Crippen molar-refractivity contribution in [2.75, 3.05) is 5.01 Å². The van der Waals surface area contributed by atoms with Gasteiger partial charge >= 0.3 is 11.8 Å². The third-order valence-corrected chi connectivity index (χ3v) is 6.49. The van der Waals surface area contributed by atoms with Gasteiger partial charge in [0, 0.05) is 0 Å². The molecule has 9 nitrogen and oxygen atoms in total. The highest BCUT2D eigenvalue weighted by Crippen LogP contribution is 2.32. The molecule has 0 saturated carbocycles. The molecule has 0 radical (unpaired) electrons. The lowest BCUT2D eigenvalue weighted by atomic mass is 10.2. The molecule has 0 aliphatic rings. The van der Waals surface area contributed by atoms with E-state index in [4.69, 9.17) is 4.42 Å². The molecule has 0 aliphatic heterocycles. The number of hydrogen-bond acceptors (Lipinski definition) is 9. The highest BCUT2D eigenvalue weighted by molar-refractivity contribution is 7.22. The van der Waals surface area contributed by atoms with E-state index in [0.717, 1.165) is 25.5 Å². The molecule has 158 valence electrons. The number of carbonyl (C=O) groups excluding carboxylic acids is 1. The van der Waals surface area contributed by atoms with E-state index in [-0.39, 0.29) is 10.8 Å². The summed E-state index contributed by atoms with van der Waals surface area (Å²) in [7, 11) is 0. The van der Waals surface area contributed by atoms with Gasteiger partial charge in [0.25, 0.3) is 0 Å². The number of nitro groups is 1. The highest BCUT2D eigenvalue weighted by Gasteiger charge is 2.24. The summed E-state index contributed by atoms with van der Waals surface area (Å²) in [5.41, 5.74) is 2.52. The average Bonchev–Trinajstić information content (AvgIpc) is 3.51. The topological polar surface area (TPSA) is 115 Å². The van der Waals surface area contributed by atoms with Crippen LogP contribution in [0.2, 0.25) is 0 Å². The summed E-state index contributed by atoms with van der Waals surface area (Å²) >= 11 is 2.57. The Hall–Kier alpha value is -3.96. The number of hydrazone groups is 1. The molecule has 5 aromatic rings. The predicted molar refractivity (Wildman–Crippen MR) is 124 cm³/mol. The molecular weight excluding hydrogens is 450 g/mol. The van der Waals surface area contributed by atoms with Crippen LogP contribution in [0, 0.1) is 17.0 Å². The molecule has 0 N–H and O–H groups in total. The zero-order chi connectivity index (χ0) is 22.2. The van der Waals surface area contributed by atoms with Gasteiger partial charge in [0.15, 0.2) is 10.8 Å². The van der Waals surface area contributed by atoms with Crippen LogP contribution in [0.4, 0.5) is 11.0 Å². The van der Waals surface area contributed by atoms with Crippen molar-refractivity contribution in [3.05, 3.63) is 81.0 Å². The first kappa shape index (κ1) is 20.0. The Bertz CT molecular complexity index is 1480. The largest absolute Gasteiger partial charge is 0.433 e. The number of furan rings is 1. The molecule has 0 bridgehead atoms. The molecule has 11 heteroatoms. The van der Waals surface area contributed by atoms with Gasteiger partial charge in [0.1, 0.15) is 4.92 Å². The average molecular weight is 464 g/mol. The number of para-hydroxylation sites is 1. The minimum absolute atomic E-state index is 0.135. The number of fused-ring (bicyclic) bond motifs is 2. The molecule has 0 aliphatic carbocycles. The molecule has 0 fully saturated rings. The Labute approximate surface area is 188 Å². The lowest BCUT2D eigenvalue weighted by Crippen LogP contribution is -2.25. The van der Waals surface area contributed by atoms with Crippen molar-refractivity contribution in [3.8, 4) is 0 Å². The third kappa shape index (κ3) is 3.74. The highest BCUT2D eigenvalue weighted by atomic mass is 32.1. The van der Waals surface area contributed by atoms with Crippen LogP contribution in [0.5, 0.6) is 0 Å². The van der Waals surface area contributed by atoms with Gasteiger partial charge in [-0.15, -0.1) is 11.3 Å². The van der Waals surface area contributed by atoms with Crippen molar-refractivity contribution in [2.45, 2.75) is 6.92 Å². The fourth-order valence-corrected chi connectivity index (χ4v) is 4.89. The fourth-order valence-electron chi connectivity index (χ4n) is 2.98. The molecule has 0 saturated heterocycles. The number of thiazole rings is 2. The van der Waals surface area contributed by atoms with Gasteiger partial charge in [-0.3, -0.25) is 14.9 Å². The Morgan fingerprint density at radius 3 is 2.69 bits per heavy atom. The van der Waals surface area contributed by atoms with E-state index < -0.39 is 16.7 Å². The zero-order valence-corrected chi connectivity index (χ0v) is 18.1. The van der Waals surface area contributed by atoms with Crippen LogP contribution >= 0.6 is 22.7 Å². The summed E-state index contributed by atoms with van der Waals surface area (Å²) in [4.78, 5) is 32.6. The lowest BCUT2D eigenvalue weighted by Gasteiger charge is -2.11. The summed E-state index contributed by atoms with van der Waals surface area (Å²) in [5.74, 6) is -0.735. The summed E-state index contributed by atoms with van der Waals surface area (Å²) in [6.07, 6.45) is 1.25. The summed E-state index contributed by atoms with van der Waals surface area (Å²) in [6, 6.07) is 15.9. The van der Waals surface area contributed by atoms with Gasteiger partial charge in [0.05, 0.1) is 32.7 Å². The molecule has 5 rings (SSSR count). The molecule has 0 spiro atoms. The second-order valence-electron chi connectivity index (χ2n) is 6.75. The van der Waals surface area contributed by atoms with Crippen LogP contribution < -0.4 is 5.01 Å². The van der Waals surface area contributed by atoms with Crippen LogP contribution in [-0.4, -0.2) is 27.0 Å². The van der Waals surface area contributed by atoms with Crippen molar-refractivity contribution in [1.82, 2.24) is 9.97 Å². The van der Waals surface area contributed by atoms with E-state index in [2.05, 4.69) is 15.1 Å². The van der Waals surface area contributed by atoms with Gasteiger partial charge in [-0.25, -0.2) is 9.97 Å². The normalized spacial score (nSPS) is 11.5. The van der Waals surface area contributed by atoms with E-state index in [1.54, 1.807) is 0 Å². The van der Waals surface area contributed by atoms with Crippen molar-refractivity contribution in [1.29, 1.82) is 0 Å². The van der Waals surface area contributed by atoms with Gasteiger partial charge < -0.3 is 4.42 Å². The Morgan fingerprint density at radius 2 is 1.91 bits per heavy atom. The van der Waals surface area contributed by atoms with Crippen LogP contribution in [0.1, 0.15) is 21.1 Å². The van der Waals surface area contributed by atoms with Crippen LogP contribution in [0.3, 0.4) is 0 Å². The SMILES string of the molecule is Cc1ccc2nc(N(/N=C/c3ccc([N+](=O)[O-])o3)C(=O)c3nc4ccccc4s3)sc2c1. The zero-order valence-electron chi connectivity index (χ0n) is 16.5. The molecule has 0 atom stereocenters. The number of anilines is 1. The molecule has 3 aromatic heterocycles. The number of nitrogens with zero attached hydrogens (tertiary/aromatic N) is 5. The second kappa shape index (κ2) is 7.94. The number of hydrogen-bond donors (Lipinski definition) is 0. The molecule has 32 heavy (non-hydrogen) atoms. The Morgan fingerprint density at radius 1 is 1.09 bits per heavy atom. The number of benzene rings is 2. The van der Waals surface area contributed by atoms with Gasteiger partial charge in [-0.05, 0) is 42.8 Å². The molecule has 0 unspecified atom stereocenters. The number of amides is 1. The first-order valence-electron chi connectivity index (χ1n) is 9.33.